The summed E-state index contributed by atoms with van der Waals surface area (Å²) < 4.78 is 7.59. The number of nitrogens with zero attached hydrogens (tertiary/aromatic N) is 3. The van der Waals surface area contributed by atoms with Crippen molar-refractivity contribution < 1.29 is 14.6 Å². The lowest BCUT2D eigenvalue weighted by molar-refractivity contribution is -0.117. The Balaban J connectivity index is 1.19. The third-order valence-electron chi connectivity index (χ3n) is 6.16. The number of carbonyl (C=O) groups excluding carboxylic acids is 1. The topological polar surface area (TPSA) is 79.6 Å². The van der Waals surface area contributed by atoms with Crippen LogP contribution in [0.5, 0.6) is 5.75 Å². The standard InChI is InChI=1S/C30H34N4O3/c1-33(30(36)20-29-32-18-19-34(29)22-25-8-4-2-5-9-25)26-14-12-24(13-15-26)16-17-31-21-27(35)23-37-28-10-6-3-7-11-28/h2-15,18-19,27,31,35H,16-17,20-23H2,1H3/t27-/m0/s1. The lowest BCUT2D eigenvalue weighted by Gasteiger charge is -2.18. The second-order valence-corrected chi connectivity index (χ2v) is 8.98. The lowest BCUT2D eigenvalue weighted by Crippen LogP contribution is -2.32. The number of aliphatic hydroxyl groups is 1. The smallest absolute Gasteiger partial charge is 0.234 e. The molecule has 7 heteroatoms. The van der Waals surface area contributed by atoms with Crippen LogP contribution in [0, 0.1) is 0 Å². The number of carbonyl (C=O) groups is 1. The van der Waals surface area contributed by atoms with E-state index in [0.717, 1.165) is 35.8 Å². The highest BCUT2D eigenvalue weighted by molar-refractivity contribution is 5.93. The number of anilines is 1. The number of aliphatic hydroxyl groups excluding tert-OH is 1. The van der Waals surface area contributed by atoms with Crippen LogP contribution in [0.4, 0.5) is 5.69 Å². The summed E-state index contributed by atoms with van der Waals surface area (Å²) in [5.74, 6) is 1.49. The zero-order valence-corrected chi connectivity index (χ0v) is 21.2. The van der Waals surface area contributed by atoms with E-state index in [9.17, 15) is 9.90 Å². The summed E-state index contributed by atoms with van der Waals surface area (Å²) in [6, 6.07) is 27.6. The molecule has 4 rings (SSSR count). The maximum atomic E-state index is 12.9. The molecule has 1 atom stereocenters. The third-order valence-corrected chi connectivity index (χ3v) is 6.16. The molecule has 2 N–H and O–H groups in total. The first kappa shape index (κ1) is 26.1. The predicted molar refractivity (Wildman–Crippen MR) is 146 cm³/mol. The fourth-order valence-corrected chi connectivity index (χ4v) is 3.98. The molecule has 192 valence electrons. The number of rotatable bonds is 13. The average molecular weight is 499 g/mol. The number of benzene rings is 3. The average Bonchev–Trinajstić information content (AvgIpc) is 3.37. The van der Waals surface area contributed by atoms with Crippen molar-refractivity contribution in [3.05, 3.63) is 114 Å². The van der Waals surface area contributed by atoms with Crippen molar-refractivity contribution in [2.45, 2.75) is 25.5 Å². The van der Waals surface area contributed by atoms with Crippen molar-refractivity contribution >= 4 is 11.6 Å². The van der Waals surface area contributed by atoms with Crippen molar-refractivity contribution in [2.24, 2.45) is 0 Å². The first-order valence-corrected chi connectivity index (χ1v) is 12.5. The van der Waals surface area contributed by atoms with Gasteiger partial charge in [-0.05, 0) is 48.4 Å². The van der Waals surface area contributed by atoms with Gasteiger partial charge in [-0.1, -0.05) is 60.7 Å². The highest BCUT2D eigenvalue weighted by Gasteiger charge is 2.15. The normalized spacial score (nSPS) is 11.7. The Morgan fingerprint density at radius 1 is 1.00 bits per heavy atom. The summed E-state index contributed by atoms with van der Waals surface area (Å²) in [4.78, 5) is 19.0. The van der Waals surface area contributed by atoms with Gasteiger partial charge in [0.1, 0.15) is 24.3 Å². The van der Waals surface area contributed by atoms with E-state index in [-0.39, 0.29) is 18.9 Å². The molecule has 0 aliphatic rings. The Labute approximate surface area is 218 Å². The van der Waals surface area contributed by atoms with E-state index in [1.54, 1.807) is 18.1 Å². The second kappa shape index (κ2) is 13.4. The number of aromatic nitrogens is 2. The van der Waals surface area contributed by atoms with Crippen LogP contribution in [0.2, 0.25) is 0 Å². The molecule has 0 saturated heterocycles. The Bertz CT molecular complexity index is 1230. The van der Waals surface area contributed by atoms with Gasteiger partial charge in [-0.15, -0.1) is 0 Å². The molecule has 3 aromatic carbocycles. The van der Waals surface area contributed by atoms with Crippen LogP contribution in [-0.2, 0) is 24.2 Å². The first-order chi connectivity index (χ1) is 18.1. The number of para-hydroxylation sites is 1. The SMILES string of the molecule is CN(C(=O)Cc1nccn1Cc1ccccc1)c1ccc(CCNC[C@H](O)COc2ccccc2)cc1. The number of hydrogen-bond donors (Lipinski definition) is 2. The molecule has 1 amide bonds. The van der Waals surface area contributed by atoms with Crippen LogP contribution in [0.25, 0.3) is 0 Å². The quantitative estimate of drug-likeness (QED) is 0.275. The summed E-state index contributed by atoms with van der Waals surface area (Å²) in [5.41, 5.74) is 3.17. The molecule has 0 unspecified atom stereocenters. The number of amides is 1. The molecular weight excluding hydrogens is 464 g/mol. The molecule has 0 aliphatic heterocycles. The first-order valence-electron chi connectivity index (χ1n) is 12.5. The Morgan fingerprint density at radius 3 is 2.43 bits per heavy atom. The monoisotopic (exact) mass is 498 g/mol. The van der Waals surface area contributed by atoms with E-state index in [2.05, 4.69) is 22.4 Å². The van der Waals surface area contributed by atoms with Gasteiger partial charge in [-0.2, -0.15) is 0 Å². The minimum atomic E-state index is -0.578. The van der Waals surface area contributed by atoms with Crippen LogP contribution in [0.3, 0.4) is 0 Å². The molecular formula is C30H34N4O3. The van der Waals surface area contributed by atoms with Crippen LogP contribution >= 0.6 is 0 Å². The predicted octanol–water partition coefficient (Wildman–Crippen LogP) is 3.71. The van der Waals surface area contributed by atoms with Crippen LogP contribution < -0.4 is 15.0 Å². The van der Waals surface area contributed by atoms with Gasteiger partial charge in [0.2, 0.25) is 5.91 Å². The molecule has 0 aliphatic carbocycles. The number of nitrogens with one attached hydrogen (secondary N) is 1. The maximum Gasteiger partial charge on any atom is 0.234 e. The van der Waals surface area contributed by atoms with Gasteiger partial charge < -0.3 is 24.6 Å². The van der Waals surface area contributed by atoms with E-state index in [1.807, 2.05) is 83.6 Å². The molecule has 0 spiro atoms. The van der Waals surface area contributed by atoms with Gasteiger partial charge in [0, 0.05) is 38.2 Å². The number of ether oxygens (including phenoxy) is 1. The van der Waals surface area contributed by atoms with E-state index in [4.69, 9.17) is 4.74 Å². The van der Waals surface area contributed by atoms with E-state index in [0.29, 0.717) is 13.1 Å². The largest absolute Gasteiger partial charge is 0.491 e. The summed E-state index contributed by atoms with van der Waals surface area (Å²) >= 11 is 0. The molecule has 0 saturated carbocycles. The zero-order chi connectivity index (χ0) is 25.9. The minimum Gasteiger partial charge on any atom is -0.491 e. The summed E-state index contributed by atoms with van der Waals surface area (Å²) in [6.45, 7) is 2.13. The zero-order valence-electron chi connectivity index (χ0n) is 21.2. The molecule has 1 aromatic heterocycles. The van der Waals surface area contributed by atoms with Gasteiger partial charge in [-0.3, -0.25) is 4.79 Å². The van der Waals surface area contributed by atoms with Crippen molar-refractivity contribution in [3.63, 3.8) is 0 Å². The second-order valence-electron chi connectivity index (χ2n) is 8.98. The van der Waals surface area contributed by atoms with Gasteiger partial charge >= 0.3 is 0 Å². The molecule has 0 fully saturated rings. The summed E-state index contributed by atoms with van der Waals surface area (Å²) in [6.07, 6.45) is 4.13. The van der Waals surface area contributed by atoms with Crippen molar-refractivity contribution in [2.75, 3.05) is 31.6 Å². The molecule has 0 radical (unpaired) electrons. The van der Waals surface area contributed by atoms with E-state index >= 15 is 0 Å². The minimum absolute atomic E-state index is 0.0124. The van der Waals surface area contributed by atoms with Crippen molar-refractivity contribution in [1.29, 1.82) is 0 Å². The Morgan fingerprint density at radius 2 is 1.70 bits per heavy atom. The van der Waals surface area contributed by atoms with Gasteiger partial charge in [0.15, 0.2) is 0 Å². The van der Waals surface area contributed by atoms with E-state index in [1.165, 1.54) is 5.56 Å². The number of hydrogen-bond acceptors (Lipinski definition) is 5. The van der Waals surface area contributed by atoms with Crippen LogP contribution in [0.1, 0.15) is 17.0 Å². The molecule has 4 aromatic rings. The lowest BCUT2D eigenvalue weighted by atomic mass is 10.1. The highest BCUT2D eigenvalue weighted by Crippen LogP contribution is 2.16. The van der Waals surface area contributed by atoms with Gasteiger partial charge in [0.05, 0.1) is 6.42 Å². The van der Waals surface area contributed by atoms with Crippen molar-refractivity contribution in [3.8, 4) is 5.75 Å². The highest BCUT2D eigenvalue weighted by atomic mass is 16.5. The summed E-state index contributed by atoms with van der Waals surface area (Å²) in [5, 5.41) is 13.4. The molecule has 1 heterocycles. The fourth-order valence-electron chi connectivity index (χ4n) is 3.98. The summed E-state index contributed by atoms with van der Waals surface area (Å²) in [7, 11) is 1.79. The van der Waals surface area contributed by atoms with E-state index < -0.39 is 6.10 Å². The van der Waals surface area contributed by atoms with Crippen molar-refractivity contribution in [1.82, 2.24) is 14.9 Å². The third kappa shape index (κ3) is 8.03. The maximum absolute atomic E-state index is 12.9. The van der Waals surface area contributed by atoms with Crippen LogP contribution in [-0.4, -0.2) is 53.4 Å². The Kier molecular flexibility index (Phi) is 9.46. The number of imidazole rings is 1. The Hall–Kier alpha value is -3.94. The molecule has 7 nitrogen and oxygen atoms in total. The molecule has 0 bridgehead atoms. The van der Waals surface area contributed by atoms with Gasteiger partial charge in [-0.25, -0.2) is 4.98 Å². The molecule has 37 heavy (non-hydrogen) atoms. The number of likely N-dealkylation sites (N-methyl/N-ethyl adjacent to an activating group) is 1. The van der Waals surface area contributed by atoms with Crippen LogP contribution in [0.15, 0.2) is 97.3 Å². The fraction of sp³-hybridized carbons (Fsp3) is 0.267. The van der Waals surface area contributed by atoms with Gasteiger partial charge in [0.25, 0.3) is 0 Å².